The number of fused-ring (bicyclic) bond motifs is 3. The van der Waals surface area contributed by atoms with E-state index >= 15 is 0 Å². The van der Waals surface area contributed by atoms with Gasteiger partial charge in [-0.1, -0.05) is 42.1 Å². The molecule has 0 saturated carbocycles. The van der Waals surface area contributed by atoms with Crippen LogP contribution in [-0.4, -0.2) is 39.2 Å². The second kappa shape index (κ2) is 9.35. The van der Waals surface area contributed by atoms with Crippen LogP contribution in [0.2, 0.25) is 0 Å². The Morgan fingerprint density at radius 1 is 1.20 bits per heavy atom. The van der Waals surface area contributed by atoms with Crippen molar-refractivity contribution in [3.63, 3.8) is 0 Å². The van der Waals surface area contributed by atoms with Gasteiger partial charge in [-0.15, -0.1) is 11.3 Å². The third-order valence-electron chi connectivity index (χ3n) is 5.70. The van der Waals surface area contributed by atoms with Crippen LogP contribution in [-0.2, 0) is 30.6 Å². The smallest absolute Gasteiger partial charge is 0.263 e. The van der Waals surface area contributed by atoms with E-state index in [1.165, 1.54) is 27.8 Å². The van der Waals surface area contributed by atoms with Crippen molar-refractivity contribution >= 4 is 39.2 Å². The van der Waals surface area contributed by atoms with E-state index in [0.29, 0.717) is 30.5 Å². The van der Waals surface area contributed by atoms with Crippen molar-refractivity contribution < 1.29 is 4.79 Å². The third kappa shape index (κ3) is 4.18. The average Bonchev–Trinajstić information content (AvgIpc) is 3.34. The highest BCUT2D eigenvalue weighted by Gasteiger charge is 2.24. The summed E-state index contributed by atoms with van der Waals surface area (Å²) in [7, 11) is 0. The molecule has 3 aromatic rings. The fourth-order valence-electron chi connectivity index (χ4n) is 4.05. The van der Waals surface area contributed by atoms with Crippen molar-refractivity contribution in [2.45, 2.75) is 51.2 Å². The number of benzene rings is 1. The molecule has 0 unspecified atom stereocenters. The molecule has 1 aromatic carbocycles. The molecule has 0 spiro atoms. The topological polar surface area (TPSA) is 55.2 Å². The van der Waals surface area contributed by atoms with Gasteiger partial charge in [0.15, 0.2) is 5.16 Å². The fourth-order valence-corrected chi connectivity index (χ4v) is 6.28. The number of rotatable bonds is 8. The zero-order chi connectivity index (χ0) is 21.1. The van der Waals surface area contributed by atoms with Crippen LogP contribution in [0.3, 0.4) is 0 Å². The molecule has 0 bridgehead atoms. The van der Waals surface area contributed by atoms with E-state index in [0.717, 1.165) is 35.9 Å². The molecule has 5 nitrogen and oxygen atoms in total. The average molecular weight is 442 g/mol. The van der Waals surface area contributed by atoms with Crippen molar-refractivity contribution in [2.75, 3.05) is 18.8 Å². The Hall–Kier alpha value is -2.12. The zero-order valence-corrected chi connectivity index (χ0v) is 19.2. The molecule has 158 valence electrons. The molecule has 0 N–H and O–H groups in total. The summed E-state index contributed by atoms with van der Waals surface area (Å²) in [6.07, 6.45) is 3.90. The Morgan fingerprint density at radius 3 is 2.70 bits per heavy atom. The van der Waals surface area contributed by atoms with Crippen molar-refractivity contribution in [1.29, 1.82) is 0 Å². The Balaban J connectivity index is 1.68. The normalized spacial score (nSPS) is 13.0. The fraction of sp³-hybridized carbons (Fsp3) is 0.435. The van der Waals surface area contributed by atoms with Gasteiger partial charge in [0.25, 0.3) is 5.56 Å². The Kier molecular flexibility index (Phi) is 6.58. The first-order chi connectivity index (χ1) is 14.6. The second-order valence-electron chi connectivity index (χ2n) is 7.48. The highest BCUT2D eigenvalue weighted by atomic mass is 32.2. The lowest BCUT2D eigenvalue weighted by Crippen LogP contribution is -2.32. The second-order valence-corrected chi connectivity index (χ2v) is 9.51. The van der Waals surface area contributed by atoms with Crippen LogP contribution in [0.5, 0.6) is 0 Å². The van der Waals surface area contributed by atoms with E-state index in [-0.39, 0.29) is 11.5 Å². The monoisotopic (exact) mass is 441 g/mol. The molecule has 0 aliphatic heterocycles. The summed E-state index contributed by atoms with van der Waals surface area (Å²) in [4.78, 5) is 34.9. The van der Waals surface area contributed by atoms with Crippen LogP contribution < -0.4 is 5.56 Å². The predicted molar refractivity (Wildman–Crippen MR) is 125 cm³/mol. The predicted octanol–water partition coefficient (Wildman–Crippen LogP) is 4.15. The van der Waals surface area contributed by atoms with Crippen LogP contribution in [0.15, 0.2) is 40.3 Å². The van der Waals surface area contributed by atoms with E-state index in [1.807, 2.05) is 36.9 Å². The number of aryl methyl sites for hydroxylation is 3. The zero-order valence-electron chi connectivity index (χ0n) is 17.5. The van der Waals surface area contributed by atoms with E-state index in [1.54, 1.807) is 15.9 Å². The van der Waals surface area contributed by atoms with E-state index in [4.69, 9.17) is 4.98 Å². The quantitative estimate of drug-likeness (QED) is 0.389. The van der Waals surface area contributed by atoms with E-state index in [9.17, 15) is 9.59 Å². The summed E-state index contributed by atoms with van der Waals surface area (Å²) >= 11 is 3.04. The van der Waals surface area contributed by atoms with Crippen LogP contribution >= 0.6 is 23.1 Å². The molecule has 7 heteroatoms. The van der Waals surface area contributed by atoms with Gasteiger partial charge < -0.3 is 4.90 Å². The molecule has 2 aromatic heterocycles. The first-order valence-electron chi connectivity index (χ1n) is 10.6. The maximum Gasteiger partial charge on any atom is 0.263 e. The number of amides is 1. The lowest BCUT2D eigenvalue weighted by molar-refractivity contribution is -0.127. The summed E-state index contributed by atoms with van der Waals surface area (Å²) in [5.74, 6) is 0.387. The molecule has 0 radical (unpaired) electrons. The Bertz CT molecular complexity index is 1100. The minimum atomic E-state index is 0.0492. The molecule has 30 heavy (non-hydrogen) atoms. The van der Waals surface area contributed by atoms with Crippen molar-refractivity contribution in [2.24, 2.45) is 0 Å². The largest absolute Gasteiger partial charge is 0.343 e. The molecule has 1 aliphatic rings. The van der Waals surface area contributed by atoms with Gasteiger partial charge in [-0.25, -0.2) is 4.98 Å². The first kappa shape index (κ1) is 21.1. The van der Waals surface area contributed by atoms with Crippen molar-refractivity contribution in [1.82, 2.24) is 14.5 Å². The third-order valence-corrected chi connectivity index (χ3v) is 7.84. The molecule has 0 atom stereocenters. The maximum absolute atomic E-state index is 13.5. The molecule has 0 fully saturated rings. The standard InChI is InChI=1S/C23H27N3O2S2/c1-3-25(4-2)19(27)15-29-23-24-21-20(17-11-8-12-18(17)30-21)22(28)26(23)14-13-16-9-6-5-7-10-16/h5-7,9-10H,3-4,8,11-15H2,1-2H3. The van der Waals surface area contributed by atoms with Gasteiger partial charge in [0.1, 0.15) is 4.83 Å². The summed E-state index contributed by atoms with van der Waals surface area (Å²) < 4.78 is 1.79. The number of aromatic nitrogens is 2. The number of nitrogens with zero attached hydrogens (tertiary/aromatic N) is 3. The van der Waals surface area contributed by atoms with Crippen LogP contribution in [0.25, 0.3) is 10.2 Å². The Morgan fingerprint density at radius 2 is 1.97 bits per heavy atom. The number of thiophene rings is 1. The van der Waals surface area contributed by atoms with Gasteiger partial charge in [0.05, 0.1) is 11.1 Å². The summed E-state index contributed by atoms with van der Waals surface area (Å²) in [5.41, 5.74) is 2.44. The molecule has 1 amide bonds. The van der Waals surface area contributed by atoms with Gasteiger partial charge in [0.2, 0.25) is 5.91 Å². The molecule has 0 saturated heterocycles. The Labute approximate surface area is 185 Å². The molecule has 2 heterocycles. The summed E-state index contributed by atoms with van der Waals surface area (Å²) in [6, 6.07) is 10.2. The van der Waals surface area contributed by atoms with Gasteiger partial charge in [-0.05, 0) is 50.7 Å². The highest BCUT2D eigenvalue weighted by Crippen LogP contribution is 2.35. The van der Waals surface area contributed by atoms with E-state index in [2.05, 4.69) is 12.1 Å². The first-order valence-corrected chi connectivity index (χ1v) is 12.4. The van der Waals surface area contributed by atoms with Crippen LogP contribution in [0, 0.1) is 0 Å². The minimum Gasteiger partial charge on any atom is -0.343 e. The number of carbonyl (C=O) groups is 1. The molecular weight excluding hydrogens is 414 g/mol. The van der Waals surface area contributed by atoms with Crippen molar-refractivity contribution in [3.05, 3.63) is 56.7 Å². The van der Waals surface area contributed by atoms with Crippen LogP contribution in [0.4, 0.5) is 0 Å². The number of hydrogen-bond acceptors (Lipinski definition) is 5. The molecular formula is C23H27N3O2S2. The molecule has 4 rings (SSSR count). The number of hydrogen-bond donors (Lipinski definition) is 0. The maximum atomic E-state index is 13.5. The number of carbonyl (C=O) groups excluding carboxylic acids is 1. The lowest BCUT2D eigenvalue weighted by atomic mass is 10.1. The van der Waals surface area contributed by atoms with Crippen molar-refractivity contribution in [3.8, 4) is 0 Å². The van der Waals surface area contributed by atoms with Gasteiger partial charge >= 0.3 is 0 Å². The lowest BCUT2D eigenvalue weighted by Gasteiger charge is -2.18. The van der Waals surface area contributed by atoms with Gasteiger partial charge in [-0.3, -0.25) is 14.2 Å². The van der Waals surface area contributed by atoms with E-state index < -0.39 is 0 Å². The van der Waals surface area contributed by atoms with Crippen LogP contribution in [0.1, 0.15) is 36.3 Å². The van der Waals surface area contributed by atoms with Gasteiger partial charge in [-0.2, -0.15) is 0 Å². The SMILES string of the molecule is CCN(CC)C(=O)CSc1nc2sc3c(c2c(=O)n1CCc1ccccc1)CCC3. The summed E-state index contributed by atoms with van der Waals surface area (Å²) in [5, 5.41) is 1.46. The minimum absolute atomic E-state index is 0.0492. The highest BCUT2D eigenvalue weighted by molar-refractivity contribution is 7.99. The number of thioether (sulfide) groups is 1. The summed E-state index contributed by atoms with van der Waals surface area (Å²) in [6.45, 7) is 5.93. The molecule has 1 aliphatic carbocycles. The van der Waals surface area contributed by atoms with Gasteiger partial charge in [0, 0.05) is 24.5 Å².